The van der Waals surface area contributed by atoms with E-state index in [0.717, 1.165) is 43.9 Å². The highest BCUT2D eigenvalue weighted by molar-refractivity contribution is 6.35. The van der Waals surface area contributed by atoms with Gasteiger partial charge in [0.25, 0.3) is 0 Å². The Balaban J connectivity index is 1.66. The van der Waals surface area contributed by atoms with E-state index >= 15 is 0 Å². The maximum Gasteiger partial charge on any atom is 0.345 e. The van der Waals surface area contributed by atoms with Crippen molar-refractivity contribution in [1.82, 2.24) is 19.2 Å². The lowest BCUT2D eigenvalue weighted by Crippen LogP contribution is -2.34. The quantitative estimate of drug-likeness (QED) is 0.698. The second-order valence-electron chi connectivity index (χ2n) is 6.89. The van der Waals surface area contributed by atoms with Gasteiger partial charge in [0.15, 0.2) is 0 Å². The van der Waals surface area contributed by atoms with Crippen LogP contribution < -0.4 is 5.69 Å². The molecule has 1 aliphatic heterocycles. The van der Waals surface area contributed by atoms with Crippen molar-refractivity contribution < 1.29 is 4.74 Å². The van der Waals surface area contributed by atoms with Gasteiger partial charge < -0.3 is 4.74 Å². The molecule has 0 N–H and O–H groups in total. The summed E-state index contributed by atoms with van der Waals surface area (Å²) in [5.74, 6) is 1.21. The fourth-order valence-electron chi connectivity index (χ4n) is 3.62. The van der Waals surface area contributed by atoms with Crippen molar-refractivity contribution in [3.63, 3.8) is 0 Å². The van der Waals surface area contributed by atoms with E-state index in [0.29, 0.717) is 35.7 Å². The van der Waals surface area contributed by atoms with Crippen LogP contribution in [-0.2, 0) is 24.4 Å². The van der Waals surface area contributed by atoms with Gasteiger partial charge in [-0.05, 0) is 50.6 Å². The van der Waals surface area contributed by atoms with Crippen molar-refractivity contribution >= 4 is 23.2 Å². The van der Waals surface area contributed by atoms with Crippen LogP contribution in [0.2, 0.25) is 10.0 Å². The summed E-state index contributed by atoms with van der Waals surface area (Å²) in [4.78, 5) is 14.9. The van der Waals surface area contributed by atoms with Crippen LogP contribution in [0.25, 0.3) is 0 Å². The van der Waals surface area contributed by atoms with Gasteiger partial charge in [0.05, 0.1) is 13.2 Å². The first-order valence-corrected chi connectivity index (χ1v) is 10.1. The molecule has 27 heavy (non-hydrogen) atoms. The monoisotopic (exact) mass is 412 g/mol. The SMILES string of the molecule is CCn1c(C2CCN(Cc3ccc(Cl)cc3Cl)CC2)nn(CCOC)c1=O. The Hall–Kier alpha value is -1.34. The maximum atomic E-state index is 12.5. The Labute approximate surface area is 169 Å². The second kappa shape index (κ2) is 9.24. The summed E-state index contributed by atoms with van der Waals surface area (Å²) in [5.41, 5.74) is 1.05. The van der Waals surface area contributed by atoms with Crippen molar-refractivity contribution in [1.29, 1.82) is 0 Å². The minimum Gasteiger partial charge on any atom is -0.383 e. The first-order valence-electron chi connectivity index (χ1n) is 9.36. The van der Waals surface area contributed by atoms with E-state index in [9.17, 15) is 4.79 Å². The molecule has 0 amide bonds. The van der Waals surface area contributed by atoms with E-state index < -0.39 is 0 Å². The summed E-state index contributed by atoms with van der Waals surface area (Å²) in [5, 5.41) is 5.97. The van der Waals surface area contributed by atoms with Gasteiger partial charge in [-0.1, -0.05) is 29.3 Å². The molecule has 0 aliphatic carbocycles. The Morgan fingerprint density at radius 1 is 1.26 bits per heavy atom. The lowest BCUT2D eigenvalue weighted by atomic mass is 9.95. The first-order chi connectivity index (χ1) is 13.0. The third kappa shape index (κ3) is 4.74. The minimum atomic E-state index is -0.0417. The van der Waals surface area contributed by atoms with Crippen LogP contribution in [0.4, 0.5) is 0 Å². The number of methoxy groups -OCH3 is 1. The van der Waals surface area contributed by atoms with Crippen LogP contribution in [0, 0.1) is 0 Å². The van der Waals surface area contributed by atoms with E-state index in [4.69, 9.17) is 27.9 Å². The van der Waals surface area contributed by atoms with Gasteiger partial charge >= 0.3 is 5.69 Å². The zero-order valence-corrected chi connectivity index (χ0v) is 17.3. The minimum absolute atomic E-state index is 0.0417. The second-order valence-corrected chi connectivity index (χ2v) is 7.73. The summed E-state index contributed by atoms with van der Waals surface area (Å²) >= 11 is 12.3. The van der Waals surface area contributed by atoms with Crippen LogP contribution in [0.15, 0.2) is 23.0 Å². The maximum absolute atomic E-state index is 12.5. The molecule has 1 fully saturated rings. The lowest BCUT2D eigenvalue weighted by molar-refractivity contribution is 0.181. The Bertz CT molecular complexity index is 826. The summed E-state index contributed by atoms with van der Waals surface area (Å²) in [7, 11) is 1.63. The van der Waals surface area contributed by atoms with E-state index in [1.807, 2.05) is 19.1 Å². The molecular weight excluding hydrogens is 387 g/mol. The molecule has 148 valence electrons. The van der Waals surface area contributed by atoms with E-state index in [1.165, 1.54) is 4.68 Å². The third-order valence-corrected chi connectivity index (χ3v) is 5.72. The molecule has 1 aliphatic rings. The van der Waals surface area contributed by atoms with Crippen LogP contribution in [0.3, 0.4) is 0 Å². The van der Waals surface area contributed by atoms with Crippen molar-refractivity contribution in [2.45, 2.75) is 45.3 Å². The fourth-order valence-corrected chi connectivity index (χ4v) is 4.09. The van der Waals surface area contributed by atoms with Gasteiger partial charge in [-0.3, -0.25) is 9.47 Å². The number of nitrogens with zero attached hydrogens (tertiary/aromatic N) is 4. The number of halogens is 2. The number of likely N-dealkylation sites (tertiary alicyclic amines) is 1. The number of benzene rings is 1. The first kappa shape index (κ1) is 20.4. The van der Waals surface area contributed by atoms with Crippen LogP contribution in [-0.4, -0.2) is 46.1 Å². The topological polar surface area (TPSA) is 52.3 Å². The fraction of sp³-hybridized carbons (Fsp3) is 0.579. The van der Waals surface area contributed by atoms with Crippen LogP contribution in [0.1, 0.15) is 37.1 Å². The van der Waals surface area contributed by atoms with Gasteiger partial charge in [0.2, 0.25) is 0 Å². The molecule has 1 saturated heterocycles. The number of ether oxygens (including phenoxy) is 1. The molecular formula is C19H26Cl2N4O2. The number of hydrogen-bond donors (Lipinski definition) is 0. The summed E-state index contributed by atoms with van der Waals surface area (Å²) in [6, 6.07) is 5.66. The largest absolute Gasteiger partial charge is 0.383 e. The highest BCUT2D eigenvalue weighted by atomic mass is 35.5. The summed E-state index contributed by atoms with van der Waals surface area (Å²) in [6.07, 6.45) is 1.96. The highest BCUT2D eigenvalue weighted by Gasteiger charge is 2.26. The molecule has 1 aromatic heterocycles. The van der Waals surface area contributed by atoms with Gasteiger partial charge in [0, 0.05) is 36.2 Å². The van der Waals surface area contributed by atoms with Crippen molar-refractivity contribution in [3.05, 3.63) is 50.1 Å². The van der Waals surface area contributed by atoms with E-state index in [1.54, 1.807) is 17.7 Å². The van der Waals surface area contributed by atoms with Crippen LogP contribution in [0.5, 0.6) is 0 Å². The lowest BCUT2D eigenvalue weighted by Gasteiger charge is -2.31. The molecule has 0 bridgehead atoms. The molecule has 0 atom stereocenters. The molecule has 2 heterocycles. The zero-order valence-electron chi connectivity index (χ0n) is 15.8. The number of hydrogen-bond acceptors (Lipinski definition) is 4. The molecule has 1 aromatic carbocycles. The average molecular weight is 413 g/mol. The number of aromatic nitrogens is 3. The van der Waals surface area contributed by atoms with Crippen molar-refractivity contribution in [2.75, 3.05) is 26.8 Å². The molecule has 0 saturated carbocycles. The smallest absolute Gasteiger partial charge is 0.345 e. The standard InChI is InChI=1S/C19H26Cl2N4O2/c1-3-24-18(22-25(19(24)26)10-11-27-2)14-6-8-23(9-7-14)13-15-4-5-16(20)12-17(15)21/h4-5,12,14H,3,6-11,13H2,1-2H3. The van der Waals surface area contributed by atoms with E-state index in [2.05, 4.69) is 10.00 Å². The third-order valence-electron chi connectivity index (χ3n) is 5.14. The van der Waals surface area contributed by atoms with E-state index in [-0.39, 0.29) is 5.69 Å². The number of rotatable bonds is 7. The normalized spacial score (nSPS) is 16.1. The molecule has 8 heteroatoms. The molecule has 0 spiro atoms. The van der Waals surface area contributed by atoms with Gasteiger partial charge in [-0.15, -0.1) is 0 Å². The van der Waals surface area contributed by atoms with Crippen molar-refractivity contribution in [2.24, 2.45) is 0 Å². The Kier molecular flexibility index (Phi) is 6.98. The molecule has 2 aromatic rings. The van der Waals surface area contributed by atoms with Crippen LogP contribution >= 0.6 is 23.2 Å². The highest BCUT2D eigenvalue weighted by Crippen LogP contribution is 2.29. The van der Waals surface area contributed by atoms with Crippen molar-refractivity contribution in [3.8, 4) is 0 Å². The predicted octanol–water partition coefficient (Wildman–Crippen LogP) is 3.40. The Morgan fingerprint density at radius 2 is 2.00 bits per heavy atom. The molecule has 0 unspecified atom stereocenters. The number of piperidine rings is 1. The van der Waals surface area contributed by atoms with Gasteiger partial charge in [0.1, 0.15) is 5.82 Å². The summed E-state index contributed by atoms with van der Waals surface area (Å²) < 4.78 is 8.41. The van der Waals surface area contributed by atoms with Gasteiger partial charge in [-0.2, -0.15) is 5.10 Å². The Morgan fingerprint density at radius 3 is 2.63 bits per heavy atom. The zero-order chi connectivity index (χ0) is 19.4. The molecule has 3 rings (SSSR count). The average Bonchev–Trinajstić information content (AvgIpc) is 2.98. The summed E-state index contributed by atoms with van der Waals surface area (Å²) in [6.45, 7) is 6.32. The predicted molar refractivity (Wildman–Crippen MR) is 108 cm³/mol. The van der Waals surface area contributed by atoms with Gasteiger partial charge in [-0.25, -0.2) is 9.48 Å². The molecule has 6 nitrogen and oxygen atoms in total. The molecule has 0 radical (unpaired) electrons.